The molecule has 3 heterocycles. The quantitative estimate of drug-likeness (QED) is 0.691. The van der Waals surface area contributed by atoms with Crippen molar-refractivity contribution >= 4 is 11.0 Å². The van der Waals surface area contributed by atoms with Gasteiger partial charge in [-0.05, 0) is 32.3 Å². The molecule has 1 aliphatic rings. The number of pyridine rings is 1. The molecule has 0 atom stereocenters. The predicted octanol–water partition coefficient (Wildman–Crippen LogP) is 4.85. The van der Waals surface area contributed by atoms with E-state index in [0.717, 1.165) is 28.7 Å². The Hall–Kier alpha value is -2.28. The van der Waals surface area contributed by atoms with Gasteiger partial charge in [0.2, 0.25) is 11.8 Å². The number of fused-ring (bicyclic) bond motifs is 1. The molecule has 2 N–H and O–H groups in total. The molecule has 3 aromatic rings. The van der Waals surface area contributed by atoms with Gasteiger partial charge in [-0.2, -0.15) is 5.10 Å². The number of hydrogen-bond acceptors (Lipinski definition) is 6. The van der Waals surface area contributed by atoms with E-state index in [1.807, 2.05) is 38.6 Å². The Bertz CT molecular complexity index is 876. The molecule has 1 saturated carbocycles. The first-order chi connectivity index (χ1) is 13.0. The fourth-order valence-electron chi connectivity index (χ4n) is 3.31. The van der Waals surface area contributed by atoms with Gasteiger partial charge in [-0.1, -0.05) is 40.5 Å². The highest BCUT2D eigenvalue weighted by molar-refractivity contribution is 5.84. The van der Waals surface area contributed by atoms with Gasteiger partial charge in [0.05, 0.1) is 11.8 Å². The summed E-state index contributed by atoms with van der Waals surface area (Å²) in [6.45, 7) is 8.92. The first-order valence-corrected chi connectivity index (χ1v) is 9.91. The van der Waals surface area contributed by atoms with Crippen LogP contribution in [0.5, 0.6) is 0 Å². The van der Waals surface area contributed by atoms with Crippen molar-refractivity contribution in [3.05, 3.63) is 23.8 Å². The minimum Gasteiger partial charge on any atom is -0.420 e. The average Bonchev–Trinajstić information content (AvgIpc) is 3.30. The number of aryl methyl sites for hydroxylation is 2. The molecule has 3 aromatic heterocycles. The second-order valence-corrected chi connectivity index (χ2v) is 7.49. The standard InChI is InChI=1S/C14H17N5O.C6H13N.CH4/c1-5-19-12-10(7-16-19)9(4)11(6-15-12)14-18-17-13(20-14)8(2)3;7-6-4-2-1-3-5-6;/h6-8H,5H2,1-4H3;6H,1-5,7H2;1H4. The smallest absolute Gasteiger partial charge is 0.249 e. The van der Waals surface area contributed by atoms with Crippen LogP contribution in [-0.2, 0) is 6.54 Å². The van der Waals surface area contributed by atoms with Crippen LogP contribution in [0, 0.1) is 6.92 Å². The number of rotatable bonds is 3. The van der Waals surface area contributed by atoms with Crippen molar-refractivity contribution in [2.45, 2.75) is 85.7 Å². The highest BCUT2D eigenvalue weighted by atomic mass is 16.4. The Labute approximate surface area is 167 Å². The summed E-state index contributed by atoms with van der Waals surface area (Å²) < 4.78 is 7.58. The van der Waals surface area contributed by atoms with Crippen molar-refractivity contribution in [3.63, 3.8) is 0 Å². The van der Waals surface area contributed by atoms with Gasteiger partial charge in [-0.3, -0.25) is 0 Å². The van der Waals surface area contributed by atoms with Crippen LogP contribution in [0.4, 0.5) is 0 Å². The molecule has 0 radical (unpaired) electrons. The van der Waals surface area contributed by atoms with E-state index in [0.29, 0.717) is 17.8 Å². The summed E-state index contributed by atoms with van der Waals surface area (Å²) in [4.78, 5) is 4.48. The molecule has 0 saturated heterocycles. The van der Waals surface area contributed by atoms with E-state index in [1.54, 1.807) is 6.20 Å². The van der Waals surface area contributed by atoms with Crippen LogP contribution in [0.1, 0.15) is 77.7 Å². The maximum absolute atomic E-state index is 5.70. The maximum atomic E-state index is 5.70. The van der Waals surface area contributed by atoms with Gasteiger partial charge in [0.25, 0.3) is 0 Å². The second-order valence-electron chi connectivity index (χ2n) is 7.49. The van der Waals surface area contributed by atoms with Gasteiger partial charge < -0.3 is 10.2 Å². The molecule has 0 unspecified atom stereocenters. The molecule has 0 amide bonds. The summed E-state index contributed by atoms with van der Waals surface area (Å²) in [7, 11) is 0. The Kier molecular flexibility index (Phi) is 7.69. The monoisotopic (exact) mass is 386 g/mol. The SMILES string of the molecule is C.CCn1ncc2c(C)c(-c3nnc(C(C)C)o3)cnc21.NC1CCCCC1. The van der Waals surface area contributed by atoms with Crippen LogP contribution in [0.25, 0.3) is 22.5 Å². The second kappa shape index (κ2) is 9.78. The zero-order chi connectivity index (χ0) is 19.4. The van der Waals surface area contributed by atoms with Gasteiger partial charge >= 0.3 is 0 Å². The van der Waals surface area contributed by atoms with Crippen LogP contribution in [0.2, 0.25) is 0 Å². The van der Waals surface area contributed by atoms with Crippen LogP contribution in [0.3, 0.4) is 0 Å². The van der Waals surface area contributed by atoms with Gasteiger partial charge in [0, 0.05) is 30.1 Å². The largest absolute Gasteiger partial charge is 0.420 e. The molecule has 1 aliphatic carbocycles. The number of nitrogens with two attached hydrogens (primary N) is 1. The first kappa shape index (κ1) is 22.0. The van der Waals surface area contributed by atoms with Gasteiger partial charge in [-0.25, -0.2) is 9.67 Å². The highest BCUT2D eigenvalue weighted by Gasteiger charge is 2.16. The Morgan fingerprint density at radius 3 is 2.43 bits per heavy atom. The minimum atomic E-state index is 0. The van der Waals surface area contributed by atoms with E-state index in [9.17, 15) is 0 Å². The summed E-state index contributed by atoms with van der Waals surface area (Å²) >= 11 is 0. The molecule has 154 valence electrons. The fourth-order valence-corrected chi connectivity index (χ4v) is 3.31. The third kappa shape index (κ3) is 4.76. The number of nitrogens with zero attached hydrogens (tertiary/aromatic N) is 5. The van der Waals surface area contributed by atoms with Crippen molar-refractivity contribution in [2.75, 3.05) is 0 Å². The lowest BCUT2D eigenvalue weighted by atomic mass is 9.97. The molecule has 7 heteroatoms. The van der Waals surface area contributed by atoms with Gasteiger partial charge in [0.15, 0.2) is 5.65 Å². The minimum absolute atomic E-state index is 0. The molecule has 7 nitrogen and oxygen atoms in total. The first-order valence-electron chi connectivity index (χ1n) is 9.91. The molecule has 4 rings (SSSR count). The number of hydrogen-bond donors (Lipinski definition) is 1. The normalized spacial score (nSPS) is 14.6. The van der Waals surface area contributed by atoms with E-state index in [4.69, 9.17) is 10.2 Å². The van der Waals surface area contributed by atoms with Crippen molar-refractivity contribution in [1.82, 2.24) is 25.0 Å². The van der Waals surface area contributed by atoms with Crippen molar-refractivity contribution in [2.24, 2.45) is 5.73 Å². The van der Waals surface area contributed by atoms with Crippen molar-refractivity contribution in [1.29, 1.82) is 0 Å². The zero-order valence-electron chi connectivity index (χ0n) is 16.8. The Balaban J connectivity index is 0.000000298. The molecule has 28 heavy (non-hydrogen) atoms. The zero-order valence-corrected chi connectivity index (χ0v) is 16.8. The van der Waals surface area contributed by atoms with Gasteiger partial charge in [0.1, 0.15) is 0 Å². The van der Waals surface area contributed by atoms with Gasteiger partial charge in [-0.15, -0.1) is 10.2 Å². The Morgan fingerprint density at radius 2 is 1.89 bits per heavy atom. The summed E-state index contributed by atoms with van der Waals surface area (Å²) in [6.07, 6.45) is 10.3. The molecular formula is C21H34N6O. The summed E-state index contributed by atoms with van der Waals surface area (Å²) in [5.41, 5.74) is 8.45. The highest BCUT2D eigenvalue weighted by Crippen LogP contribution is 2.28. The lowest BCUT2D eigenvalue weighted by molar-refractivity contribution is 0.441. The summed E-state index contributed by atoms with van der Waals surface area (Å²) in [5, 5.41) is 13.5. The summed E-state index contributed by atoms with van der Waals surface area (Å²) in [6, 6.07) is 0.536. The number of aromatic nitrogens is 5. The van der Waals surface area contributed by atoms with E-state index < -0.39 is 0 Å². The van der Waals surface area contributed by atoms with Crippen LogP contribution >= 0.6 is 0 Å². The van der Waals surface area contributed by atoms with Crippen molar-refractivity contribution < 1.29 is 4.42 Å². The average molecular weight is 387 g/mol. The van der Waals surface area contributed by atoms with E-state index in [-0.39, 0.29) is 13.3 Å². The van der Waals surface area contributed by atoms with Crippen LogP contribution in [-0.4, -0.2) is 31.0 Å². The molecule has 0 aliphatic heterocycles. The molecule has 0 aromatic carbocycles. The predicted molar refractivity (Wildman–Crippen MR) is 113 cm³/mol. The van der Waals surface area contributed by atoms with Crippen LogP contribution < -0.4 is 5.73 Å². The lowest BCUT2D eigenvalue weighted by Crippen LogP contribution is -2.22. The van der Waals surface area contributed by atoms with E-state index in [2.05, 4.69) is 20.3 Å². The maximum Gasteiger partial charge on any atom is 0.249 e. The molecular weight excluding hydrogens is 352 g/mol. The Morgan fingerprint density at radius 1 is 1.18 bits per heavy atom. The lowest BCUT2D eigenvalue weighted by Gasteiger charge is -2.15. The van der Waals surface area contributed by atoms with Crippen molar-refractivity contribution in [3.8, 4) is 11.5 Å². The molecule has 0 spiro atoms. The fraction of sp³-hybridized carbons (Fsp3) is 0.619. The molecule has 1 fully saturated rings. The third-order valence-corrected chi connectivity index (χ3v) is 5.05. The molecule has 0 bridgehead atoms. The topological polar surface area (TPSA) is 95.6 Å². The third-order valence-electron chi connectivity index (χ3n) is 5.05. The van der Waals surface area contributed by atoms with E-state index >= 15 is 0 Å². The van der Waals surface area contributed by atoms with Crippen LogP contribution in [0.15, 0.2) is 16.8 Å². The van der Waals surface area contributed by atoms with E-state index in [1.165, 1.54) is 32.1 Å². The summed E-state index contributed by atoms with van der Waals surface area (Å²) in [5.74, 6) is 1.38.